The maximum absolute atomic E-state index is 13.4. The maximum Gasteiger partial charge on any atom is 0.272 e. The number of aromatic nitrogens is 2. The summed E-state index contributed by atoms with van der Waals surface area (Å²) in [7, 11) is -3.48. The highest BCUT2D eigenvalue weighted by Gasteiger charge is 2.25. The molecule has 1 aliphatic rings. The Bertz CT molecular complexity index is 1170. The van der Waals surface area contributed by atoms with Crippen LogP contribution < -0.4 is 5.32 Å². The molecule has 1 N–H and O–H groups in total. The average Bonchev–Trinajstić information content (AvgIpc) is 2.96. The van der Waals surface area contributed by atoms with Crippen LogP contribution >= 0.6 is 0 Å². The highest BCUT2D eigenvalue weighted by atomic mass is 32.2. The van der Waals surface area contributed by atoms with E-state index >= 15 is 0 Å². The van der Waals surface area contributed by atoms with Crippen molar-refractivity contribution in [3.05, 3.63) is 77.4 Å². The Balaban J connectivity index is 1.54. The van der Waals surface area contributed by atoms with Crippen molar-refractivity contribution in [2.45, 2.75) is 37.0 Å². The smallest absolute Gasteiger partial charge is 0.272 e. The summed E-state index contributed by atoms with van der Waals surface area (Å²) in [4.78, 5) is 13.1. The molecule has 0 spiro atoms. The first-order valence-corrected chi connectivity index (χ1v) is 12.0. The number of amides is 1. The first-order valence-electron chi connectivity index (χ1n) is 10.4. The number of benzene rings is 2. The number of sulfone groups is 1. The van der Waals surface area contributed by atoms with E-state index in [1.165, 1.54) is 12.1 Å². The minimum absolute atomic E-state index is 0.00571. The van der Waals surface area contributed by atoms with Gasteiger partial charge in [0.25, 0.3) is 5.91 Å². The highest BCUT2D eigenvalue weighted by Crippen LogP contribution is 2.26. The molecule has 31 heavy (non-hydrogen) atoms. The van der Waals surface area contributed by atoms with Crippen molar-refractivity contribution >= 4 is 15.7 Å². The first kappa shape index (κ1) is 21.2. The second-order valence-electron chi connectivity index (χ2n) is 7.61. The van der Waals surface area contributed by atoms with Gasteiger partial charge in [0.05, 0.1) is 16.3 Å². The van der Waals surface area contributed by atoms with Gasteiger partial charge in [-0.1, -0.05) is 24.6 Å². The molecule has 0 fully saturated rings. The summed E-state index contributed by atoms with van der Waals surface area (Å²) in [5.74, 6) is -0.911. The van der Waals surface area contributed by atoms with Gasteiger partial charge in [0.15, 0.2) is 15.5 Å². The minimum atomic E-state index is -3.48. The van der Waals surface area contributed by atoms with E-state index in [2.05, 4.69) is 10.4 Å². The maximum atomic E-state index is 13.4. The molecule has 0 bridgehead atoms. The molecule has 0 saturated heterocycles. The SMILES string of the molecule is O=C(NCCS(=O)(=O)c1ccccc1)c1nn(-c2ccc(F)cc2)c2c1CCCCC2. The normalized spacial score (nSPS) is 14.0. The molecular formula is C23H24FN3O3S. The third-order valence-electron chi connectivity index (χ3n) is 5.48. The molecule has 162 valence electrons. The van der Waals surface area contributed by atoms with Crippen molar-refractivity contribution in [2.24, 2.45) is 0 Å². The fourth-order valence-electron chi connectivity index (χ4n) is 3.88. The topological polar surface area (TPSA) is 81.1 Å². The van der Waals surface area contributed by atoms with Crippen molar-refractivity contribution < 1.29 is 17.6 Å². The van der Waals surface area contributed by atoms with Gasteiger partial charge < -0.3 is 5.32 Å². The lowest BCUT2D eigenvalue weighted by Gasteiger charge is -2.07. The van der Waals surface area contributed by atoms with Crippen LogP contribution in [0.15, 0.2) is 59.5 Å². The minimum Gasteiger partial charge on any atom is -0.350 e. The van der Waals surface area contributed by atoms with Gasteiger partial charge in [-0.15, -0.1) is 0 Å². The predicted molar refractivity (Wildman–Crippen MR) is 116 cm³/mol. The fourth-order valence-corrected chi connectivity index (χ4v) is 5.06. The molecule has 1 heterocycles. The zero-order valence-corrected chi connectivity index (χ0v) is 17.9. The Hall–Kier alpha value is -3.00. The molecule has 1 aromatic heterocycles. The van der Waals surface area contributed by atoms with Crippen LogP contribution in [0, 0.1) is 5.82 Å². The lowest BCUT2D eigenvalue weighted by Crippen LogP contribution is -2.30. The molecule has 0 atom stereocenters. The molecule has 3 aromatic rings. The standard InChI is InChI=1S/C23H24FN3O3S/c24-17-11-13-18(14-12-17)27-21-10-6-2-5-9-20(21)22(26-27)23(28)25-15-16-31(29,30)19-7-3-1-4-8-19/h1,3-4,7-8,11-14H,2,5-6,9-10,15-16H2,(H,25,28). The van der Waals surface area contributed by atoms with Gasteiger partial charge in [0.2, 0.25) is 0 Å². The zero-order valence-electron chi connectivity index (χ0n) is 17.1. The number of halogens is 1. The quantitative estimate of drug-likeness (QED) is 0.594. The van der Waals surface area contributed by atoms with Crippen LogP contribution in [0.1, 0.15) is 41.0 Å². The summed E-state index contributed by atoms with van der Waals surface area (Å²) in [6, 6.07) is 14.2. The summed E-state index contributed by atoms with van der Waals surface area (Å²) in [6.45, 7) is -0.00571. The number of hydrogen-bond acceptors (Lipinski definition) is 4. The van der Waals surface area contributed by atoms with E-state index in [1.807, 2.05) is 0 Å². The molecule has 1 amide bonds. The summed E-state index contributed by atoms with van der Waals surface area (Å²) in [5.41, 5.74) is 2.87. The summed E-state index contributed by atoms with van der Waals surface area (Å²) >= 11 is 0. The van der Waals surface area contributed by atoms with Crippen LogP contribution in [-0.4, -0.2) is 36.4 Å². The molecular weight excluding hydrogens is 417 g/mol. The van der Waals surface area contributed by atoms with E-state index in [0.717, 1.165) is 43.4 Å². The Morgan fingerprint density at radius 3 is 2.45 bits per heavy atom. The van der Waals surface area contributed by atoms with Crippen molar-refractivity contribution in [3.8, 4) is 5.69 Å². The van der Waals surface area contributed by atoms with Gasteiger partial charge >= 0.3 is 0 Å². The fraction of sp³-hybridized carbons (Fsp3) is 0.304. The first-order chi connectivity index (χ1) is 15.0. The Morgan fingerprint density at radius 2 is 1.71 bits per heavy atom. The number of carbonyl (C=O) groups is 1. The third kappa shape index (κ3) is 4.69. The molecule has 0 saturated carbocycles. The van der Waals surface area contributed by atoms with Gasteiger partial charge in [0, 0.05) is 17.8 Å². The molecule has 0 aliphatic heterocycles. The second-order valence-corrected chi connectivity index (χ2v) is 9.72. The Morgan fingerprint density at radius 1 is 1.00 bits per heavy atom. The number of nitrogens with one attached hydrogen (secondary N) is 1. The van der Waals surface area contributed by atoms with E-state index in [1.54, 1.807) is 47.1 Å². The van der Waals surface area contributed by atoms with E-state index in [4.69, 9.17) is 0 Å². The van der Waals surface area contributed by atoms with Gasteiger partial charge in [-0.25, -0.2) is 17.5 Å². The molecule has 4 rings (SSSR count). The molecule has 0 radical (unpaired) electrons. The van der Waals surface area contributed by atoms with Crippen LogP contribution in [0.4, 0.5) is 4.39 Å². The third-order valence-corrected chi connectivity index (χ3v) is 7.21. The number of nitrogens with zero attached hydrogens (tertiary/aromatic N) is 2. The van der Waals surface area contributed by atoms with E-state index in [0.29, 0.717) is 11.4 Å². The van der Waals surface area contributed by atoms with Crippen molar-refractivity contribution in [2.75, 3.05) is 12.3 Å². The average molecular weight is 442 g/mol. The van der Waals surface area contributed by atoms with Crippen LogP contribution in [0.25, 0.3) is 5.69 Å². The highest BCUT2D eigenvalue weighted by molar-refractivity contribution is 7.91. The monoisotopic (exact) mass is 441 g/mol. The molecule has 2 aromatic carbocycles. The lowest BCUT2D eigenvalue weighted by atomic mass is 10.1. The number of carbonyl (C=O) groups excluding carboxylic acids is 1. The van der Waals surface area contributed by atoms with Crippen LogP contribution in [-0.2, 0) is 22.7 Å². The van der Waals surface area contributed by atoms with E-state index < -0.39 is 9.84 Å². The molecule has 1 aliphatic carbocycles. The molecule has 0 unspecified atom stereocenters. The predicted octanol–water partition coefficient (Wildman–Crippen LogP) is 3.48. The van der Waals surface area contributed by atoms with Gasteiger partial charge in [-0.3, -0.25) is 4.79 Å². The van der Waals surface area contributed by atoms with Crippen LogP contribution in [0.3, 0.4) is 0 Å². The Kier molecular flexibility index (Phi) is 6.18. The number of fused-ring (bicyclic) bond motifs is 1. The largest absolute Gasteiger partial charge is 0.350 e. The molecule has 6 nitrogen and oxygen atoms in total. The summed E-state index contributed by atoms with van der Waals surface area (Å²) in [6.07, 6.45) is 4.55. The van der Waals surface area contributed by atoms with Crippen molar-refractivity contribution in [3.63, 3.8) is 0 Å². The zero-order chi connectivity index (χ0) is 21.8. The van der Waals surface area contributed by atoms with Crippen molar-refractivity contribution in [1.29, 1.82) is 0 Å². The van der Waals surface area contributed by atoms with E-state index in [-0.39, 0.29) is 28.9 Å². The number of hydrogen-bond donors (Lipinski definition) is 1. The summed E-state index contributed by atoms with van der Waals surface area (Å²) in [5, 5.41) is 7.25. The molecule has 8 heteroatoms. The van der Waals surface area contributed by atoms with Crippen molar-refractivity contribution in [1.82, 2.24) is 15.1 Å². The van der Waals surface area contributed by atoms with Gasteiger partial charge in [-0.05, 0) is 62.1 Å². The second kappa shape index (κ2) is 9.01. The number of rotatable bonds is 6. The van der Waals surface area contributed by atoms with Gasteiger partial charge in [-0.2, -0.15) is 5.10 Å². The summed E-state index contributed by atoms with van der Waals surface area (Å²) < 4.78 is 40.0. The van der Waals surface area contributed by atoms with Crippen LogP contribution in [0.5, 0.6) is 0 Å². The lowest BCUT2D eigenvalue weighted by molar-refractivity contribution is 0.0949. The van der Waals surface area contributed by atoms with Crippen LogP contribution in [0.2, 0.25) is 0 Å². The Labute approximate surface area is 181 Å². The van der Waals surface area contributed by atoms with Gasteiger partial charge in [0.1, 0.15) is 5.82 Å². The van der Waals surface area contributed by atoms with E-state index in [9.17, 15) is 17.6 Å².